The molecule has 2 unspecified atom stereocenters. The summed E-state index contributed by atoms with van der Waals surface area (Å²) in [4.78, 5) is 0. The van der Waals surface area contributed by atoms with E-state index in [1.165, 1.54) is 5.56 Å². The van der Waals surface area contributed by atoms with Gasteiger partial charge < -0.3 is 5.11 Å². The van der Waals surface area contributed by atoms with Gasteiger partial charge in [0.25, 0.3) is 0 Å². The first-order valence-electron chi connectivity index (χ1n) is 5.61. The molecule has 84 valence electrons. The molecule has 2 rings (SSSR count). The first-order chi connectivity index (χ1) is 7.54. The van der Waals surface area contributed by atoms with Crippen molar-refractivity contribution in [1.82, 2.24) is 0 Å². The Morgan fingerprint density at radius 3 is 2.38 bits per heavy atom. The summed E-state index contributed by atoms with van der Waals surface area (Å²) in [6.07, 6.45) is 3.91. The third kappa shape index (κ3) is 1.24. The Morgan fingerprint density at radius 1 is 1.19 bits per heavy atom. The zero-order valence-electron chi connectivity index (χ0n) is 9.90. The second-order valence-corrected chi connectivity index (χ2v) is 5.03. The van der Waals surface area contributed by atoms with E-state index in [2.05, 4.69) is 33.1 Å². The molecular weight excluding hydrogens is 196 g/mol. The van der Waals surface area contributed by atoms with Crippen LogP contribution in [0.5, 0.6) is 5.75 Å². The molecule has 1 nitrogen and oxygen atoms in total. The Morgan fingerprint density at radius 2 is 1.81 bits per heavy atom. The minimum absolute atomic E-state index is 0.0324. The Labute approximate surface area is 97.1 Å². The molecule has 0 saturated carbocycles. The summed E-state index contributed by atoms with van der Waals surface area (Å²) >= 11 is 0. The molecule has 1 aromatic carbocycles. The number of phenolic OH excluding ortho intramolecular Hbond substituents is 1. The SMILES string of the molecule is C=CC1c2cccc(O)c2C(C=C)C1(C)C. The molecule has 0 spiro atoms. The van der Waals surface area contributed by atoms with Crippen LogP contribution >= 0.6 is 0 Å². The van der Waals surface area contributed by atoms with Crippen molar-refractivity contribution in [2.45, 2.75) is 25.7 Å². The lowest BCUT2D eigenvalue weighted by Gasteiger charge is -2.30. The van der Waals surface area contributed by atoms with Gasteiger partial charge in [-0.1, -0.05) is 38.1 Å². The molecule has 1 N–H and O–H groups in total. The van der Waals surface area contributed by atoms with Gasteiger partial charge in [-0.05, 0) is 17.0 Å². The number of hydrogen-bond acceptors (Lipinski definition) is 1. The van der Waals surface area contributed by atoms with Crippen LogP contribution in [0.3, 0.4) is 0 Å². The van der Waals surface area contributed by atoms with Crippen LogP contribution < -0.4 is 0 Å². The Balaban J connectivity index is 2.71. The molecule has 0 bridgehead atoms. The second kappa shape index (κ2) is 3.51. The monoisotopic (exact) mass is 214 g/mol. The van der Waals surface area contributed by atoms with Crippen molar-refractivity contribution < 1.29 is 5.11 Å². The van der Waals surface area contributed by atoms with Crippen molar-refractivity contribution in [3.63, 3.8) is 0 Å². The summed E-state index contributed by atoms with van der Waals surface area (Å²) in [5, 5.41) is 10.00. The van der Waals surface area contributed by atoms with E-state index in [0.717, 1.165) is 5.56 Å². The summed E-state index contributed by atoms with van der Waals surface area (Å²) in [5.74, 6) is 0.837. The number of rotatable bonds is 2. The van der Waals surface area contributed by atoms with Crippen molar-refractivity contribution >= 4 is 0 Å². The van der Waals surface area contributed by atoms with Crippen LogP contribution in [0.15, 0.2) is 43.5 Å². The molecule has 16 heavy (non-hydrogen) atoms. The van der Waals surface area contributed by atoms with Gasteiger partial charge in [-0.15, -0.1) is 13.2 Å². The largest absolute Gasteiger partial charge is 0.508 e. The second-order valence-electron chi connectivity index (χ2n) is 5.03. The van der Waals surface area contributed by atoms with Gasteiger partial charge in [0.1, 0.15) is 5.75 Å². The predicted octanol–water partition coefficient (Wildman–Crippen LogP) is 3.97. The van der Waals surface area contributed by atoms with Crippen molar-refractivity contribution in [3.8, 4) is 5.75 Å². The number of fused-ring (bicyclic) bond motifs is 1. The highest BCUT2D eigenvalue weighted by Gasteiger charge is 2.45. The summed E-state index contributed by atoms with van der Waals surface area (Å²) in [7, 11) is 0. The molecule has 0 radical (unpaired) electrons. The molecule has 1 aromatic rings. The minimum Gasteiger partial charge on any atom is -0.508 e. The third-order valence-corrected chi connectivity index (χ3v) is 3.84. The lowest BCUT2D eigenvalue weighted by Crippen LogP contribution is -2.19. The summed E-state index contributed by atoms with van der Waals surface area (Å²) in [5.41, 5.74) is 2.24. The fraction of sp³-hybridized carbons (Fsp3) is 0.333. The molecule has 0 aliphatic heterocycles. The van der Waals surface area contributed by atoms with Crippen LogP contribution in [0.4, 0.5) is 0 Å². The van der Waals surface area contributed by atoms with E-state index in [-0.39, 0.29) is 17.3 Å². The highest BCUT2D eigenvalue weighted by Crippen LogP contribution is 2.58. The van der Waals surface area contributed by atoms with Gasteiger partial charge in [-0.3, -0.25) is 0 Å². The number of phenols is 1. The van der Waals surface area contributed by atoms with Crippen LogP contribution in [0.1, 0.15) is 36.8 Å². The third-order valence-electron chi connectivity index (χ3n) is 3.84. The summed E-state index contributed by atoms with van der Waals surface area (Å²) in [6.45, 7) is 12.2. The smallest absolute Gasteiger partial charge is 0.119 e. The predicted molar refractivity (Wildman–Crippen MR) is 67.8 cm³/mol. The maximum absolute atomic E-state index is 10.00. The lowest BCUT2D eigenvalue weighted by atomic mass is 9.73. The van der Waals surface area contributed by atoms with E-state index < -0.39 is 0 Å². The molecule has 0 heterocycles. The maximum atomic E-state index is 10.00. The number of aromatic hydroxyl groups is 1. The number of benzene rings is 1. The van der Waals surface area contributed by atoms with E-state index in [9.17, 15) is 5.11 Å². The van der Waals surface area contributed by atoms with Gasteiger partial charge in [0.05, 0.1) is 0 Å². The molecule has 0 amide bonds. The Bertz CT molecular complexity index is 443. The van der Waals surface area contributed by atoms with Crippen molar-refractivity contribution in [2.24, 2.45) is 5.41 Å². The molecule has 0 aromatic heterocycles. The van der Waals surface area contributed by atoms with Crippen LogP contribution in [0.2, 0.25) is 0 Å². The first-order valence-corrected chi connectivity index (χ1v) is 5.61. The van der Waals surface area contributed by atoms with E-state index in [1.807, 2.05) is 18.2 Å². The van der Waals surface area contributed by atoms with E-state index in [4.69, 9.17) is 0 Å². The van der Waals surface area contributed by atoms with Crippen molar-refractivity contribution in [2.75, 3.05) is 0 Å². The lowest BCUT2D eigenvalue weighted by molar-refractivity contribution is 0.317. The van der Waals surface area contributed by atoms with Crippen LogP contribution in [-0.2, 0) is 0 Å². The molecule has 0 fully saturated rings. The zero-order valence-corrected chi connectivity index (χ0v) is 9.90. The quantitative estimate of drug-likeness (QED) is 0.738. The van der Waals surface area contributed by atoms with Gasteiger partial charge >= 0.3 is 0 Å². The molecule has 1 heteroatoms. The fourth-order valence-corrected chi connectivity index (χ4v) is 3.00. The van der Waals surface area contributed by atoms with Crippen LogP contribution in [-0.4, -0.2) is 5.11 Å². The highest BCUT2D eigenvalue weighted by atomic mass is 16.3. The van der Waals surface area contributed by atoms with E-state index >= 15 is 0 Å². The van der Waals surface area contributed by atoms with Crippen LogP contribution in [0.25, 0.3) is 0 Å². The average molecular weight is 214 g/mol. The normalized spacial score (nSPS) is 26.1. The van der Waals surface area contributed by atoms with Gasteiger partial charge in [0, 0.05) is 17.4 Å². The Hall–Kier alpha value is -1.50. The first kappa shape index (κ1) is 11.0. The van der Waals surface area contributed by atoms with Crippen LogP contribution in [0, 0.1) is 5.41 Å². The molecule has 1 aliphatic carbocycles. The molecule has 1 aliphatic rings. The topological polar surface area (TPSA) is 20.2 Å². The molecular formula is C15H18O. The minimum atomic E-state index is 0.0324. The standard InChI is InChI=1S/C15H18O/c1-5-11-10-8-7-9-13(16)14(10)12(6-2)15(11,3)4/h5-9,11-12,16H,1-2H2,3-4H3. The van der Waals surface area contributed by atoms with Crippen molar-refractivity contribution in [3.05, 3.63) is 54.6 Å². The van der Waals surface area contributed by atoms with E-state index in [0.29, 0.717) is 5.75 Å². The Kier molecular flexibility index (Phi) is 2.42. The summed E-state index contributed by atoms with van der Waals surface area (Å²) in [6, 6.07) is 5.72. The summed E-state index contributed by atoms with van der Waals surface area (Å²) < 4.78 is 0. The van der Waals surface area contributed by atoms with E-state index in [1.54, 1.807) is 6.07 Å². The number of allylic oxidation sites excluding steroid dienone is 2. The van der Waals surface area contributed by atoms with Gasteiger partial charge in [-0.2, -0.15) is 0 Å². The highest BCUT2D eigenvalue weighted by molar-refractivity contribution is 5.53. The fourth-order valence-electron chi connectivity index (χ4n) is 3.00. The molecule has 0 saturated heterocycles. The van der Waals surface area contributed by atoms with Gasteiger partial charge in [-0.25, -0.2) is 0 Å². The van der Waals surface area contributed by atoms with Gasteiger partial charge in [0.2, 0.25) is 0 Å². The number of hydrogen-bond donors (Lipinski definition) is 1. The average Bonchev–Trinajstić information content (AvgIpc) is 2.45. The zero-order chi connectivity index (χ0) is 11.9. The molecule has 2 atom stereocenters. The van der Waals surface area contributed by atoms with Crippen molar-refractivity contribution in [1.29, 1.82) is 0 Å². The van der Waals surface area contributed by atoms with Gasteiger partial charge in [0.15, 0.2) is 0 Å². The maximum Gasteiger partial charge on any atom is 0.119 e.